The molecule has 3 nitrogen and oxygen atoms in total. The van der Waals surface area contributed by atoms with Gasteiger partial charge < -0.3 is 5.73 Å². The molecule has 0 amide bonds. The van der Waals surface area contributed by atoms with E-state index in [1.54, 1.807) is 0 Å². The van der Waals surface area contributed by atoms with Gasteiger partial charge in [0.15, 0.2) is 0 Å². The van der Waals surface area contributed by atoms with E-state index in [1.807, 2.05) is 0 Å². The minimum Gasteiger partial charge on any atom is -0.319 e. The molecule has 2 N–H and O–H groups in total. The highest BCUT2D eigenvalue weighted by atomic mass is 35.5. The van der Waals surface area contributed by atoms with Crippen LogP contribution < -0.4 is 5.73 Å². The molecule has 2 rings (SSSR count). The van der Waals surface area contributed by atoms with Gasteiger partial charge in [-0.25, -0.2) is 4.39 Å². The quantitative estimate of drug-likeness (QED) is 0.937. The van der Waals surface area contributed by atoms with Crippen molar-refractivity contribution in [3.05, 3.63) is 45.2 Å². The first-order chi connectivity index (χ1) is 8.63. The van der Waals surface area contributed by atoms with Crippen LogP contribution in [0.3, 0.4) is 0 Å². The Morgan fingerprint density at radius 3 is 3.00 bits per heavy atom. The van der Waals surface area contributed by atoms with Gasteiger partial charge >= 0.3 is 0 Å². The van der Waals surface area contributed by atoms with Gasteiger partial charge in [0.05, 0.1) is 16.6 Å². The van der Waals surface area contributed by atoms with Gasteiger partial charge in [-0.2, -0.15) is 0 Å². The Hall–Kier alpha value is -1.04. The van der Waals surface area contributed by atoms with E-state index < -0.39 is 6.04 Å². The number of rotatable bonds is 4. The van der Waals surface area contributed by atoms with Crippen molar-refractivity contribution < 1.29 is 4.39 Å². The topological polar surface area (TPSA) is 51.8 Å². The SMILES string of the molecule is CCCc1nnsc1C(N)c1cc(F)ccc1Cl. The van der Waals surface area contributed by atoms with E-state index in [0.717, 1.165) is 23.4 Å². The fourth-order valence-corrected chi connectivity index (χ4v) is 2.71. The molecule has 96 valence electrons. The van der Waals surface area contributed by atoms with E-state index in [9.17, 15) is 4.39 Å². The van der Waals surface area contributed by atoms with Crippen LogP contribution in [0.15, 0.2) is 18.2 Å². The number of halogens is 2. The molecule has 0 spiro atoms. The lowest BCUT2D eigenvalue weighted by Gasteiger charge is -2.12. The first-order valence-electron chi connectivity index (χ1n) is 5.65. The molecule has 0 aliphatic carbocycles. The van der Waals surface area contributed by atoms with Crippen molar-refractivity contribution in [3.8, 4) is 0 Å². The highest BCUT2D eigenvalue weighted by Crippen LogP contribution is 2.30. The normalized spacial score (nSPS) is 12.7. The number of hydrogen-bond donors (Lipinski definition) is 1. The summed E-state index contributed by atoms with van der Waals surface area (Å²) in [5, 5.41) is 4.51. The number of aromatic nitrogens is 2. The van der Waals surface area contributed by atoms with Crippen LogP contribution in [0.2, 0.25) is 5.02 Å². The monoisotopic (exact) mass is 285 g/mol. The minimum absolute atomic E-state index is 0.348. The summed E-state index contributed by atoms with van der Waals surface area (Å²) in [7, 11) is 0. The van der Waals surface area contributed by atoms with Gasteiger partial charge in [0.2, 0.25) is 0 Å². The second-order valence-electron chi connectivity index (χ2n) is 3.98. The van der Waals surface area contributed by atoms with Gasteiger partial charge in [-0.3, -0.25) is 0 Å². The zero-order valence-electron chi connectivity index (χ0n) is 9.86. The number of nitrogens with zero attached hydrogens (tertiary/aromatic N) is 2. The highest BCUT2D eigenvalue weighted by molar-refractivity contribution is 7.05. The molecule has 0 bridgehead atoms. The molecule has 1 atom stereocenters. The van der Waals surface area contributed by atoms with Crippen molar-refractivity contribution in [2.24, 2.45) is 5.73 Å². The van der Waals surface area contributed by atoms with E-state index in [4.69, 9.17) is 17.3 Å². The molecule has 0 radical (unpaired) electrons. The zero-order chi connectivity index (χ0) is 13.1. The molecular weight excluding hydrogens is 273 g/mol. The minimum atomic E-state index is -0.477. The van der Waals surface area contributed by atoms with Gasteiger partial charge in [-0.15, -0.1) is 5.10 Å². The largest absolute Gasteiger partial charge is 0.319 e. The fourth-order valence-electron chi connectivity index (χ4n) is 1.76. The Morgan fingerprint density at radius 1 is 1.50 bits per heavy atom. The van der Waals surface area contributed by atoms with E-state index in [-0.39, 0.29) is 5.82 Å². The summed E-state index contributed by atoms with van der Waals surface area (Å²) in [6.07, 6.45) is 1.77. The molecule has 0 aliphatic heterocycles. The lowest BCUT2D eigenvalue weighted by Crippen LogP contribution is -2.13. The van der Waals surface area contributed by atoms with Crippen molar-refractivity contribution in [2.75, 3.05) is 0 Å². The summed E-state index contributed by atoms with van der Waals surface area (Å²) >= 11 is 7.29. The van der Waals surface area contributed by atoms with Gasteiger partial charge in [-0.05, 0) is 41.7 Å². The van der Waals surface area contributed by atoms with Crippen LogP contribution in [0.25, 0.3) is 0 Å². The van der Waals surface area contributed by atoms with E-state index in [1.165, 1.54) is 29.7 Å². The van der Waals surface area contributed by atoms with Crippen molar-refractivity contribution >= 4 is 23.1 Å². The third-order valence-electron chi connectivity index (χ3n) is 2.65. The summed E-state index contributed by atoms with van der Waals surface area (Å²) in [6.45, 7) is 2.06. The maximum absolute atomic E-state index is 13.3. The van der Waals surface area contributed by atoms with E-state index >= 15 is 0 Å². The first-order valence-corrected chi connectivity index (χ1v) is 6.80. The molecule has 1 unspecified atom stereocenters. The second-order valence-corrected chi connectivity index (χ2v) is 5.17. The van der Waals surface area contributed by atoms with Crippen LogP contribution in [0.4, 0.5) is 4.39 Å². The third-order valence-corrected chi connectivity index (χ3v) is 3.84. The molecule has 1 heterocycles. The molecule has 0 aliphatic rings. The van der Waals surface area contributed by atoms with Crippen LogP contribution in [-0.2, 0) is 6.42 Å². The van der Waals surface area contributed by atoms with Crippen LogP contribution in [0.5, 0.6) is 0 Å². The van der Waals surface area contributed by atoms with Crippen molar-refractivity contribution in [1.82, 2.24) is 9.59 Å². The Kier molecular flexibility index (Phi) is 4.27. The molecule has 2 aromatic rings. The lowest BCUT2D eigenvalue weighted by atomic mass is 10.0. The highest BCUT2D eigenvalue weighted by Gasteiger charge is 2.19. The zero-order valence-corrected chi connectivity index (χ0v) is 11.4. The summed E-state index contributed by atoms with van der Waals surface area (Å²) in [4.78, 5) is 0.851. The summed E-state index contributed by atoms with van der Waals surface area (Å²) < 4.78 is 17.2. The summed E-state index contributed by atoms with van der Waals surface area (Å²) in [5.41, 5.74) is 7.58. The van der Waals surface area contributed by atoms with Crippen molar-refractivity contribution in [1.29, 1.82) is 0 Å². The molecular formula is C12H13ClFN3S. The van der Waals surface area contributed by atoms with E-state index in [0.29, 0.717) is 10.6 Å². The van der Waals surface area contributed by atoms with Crippen LogP contribution in [-0.4, -0.2) is 9.59 Å². The Balaban J connectivity index is 2.38. The Morgan fingerprint density at radius 2 is 2.28 bits per heavy atom. The predicted octanol–water partition coefficient (Wildman–Crippen LogP) is 3.33. The average Bonchev–Trinajstić information content (AvgIpc) is 2.80. The molecule has 0 saturated carbocycles. The van der Waals surface area contributed by atoms with Crippen LogP contribution in [0, 0.1) is 5.82 Å². The number of aryl methyl sites for hydroxylation is 1. The van der Waals surface area contributed by atoms with Crippen LogP contribution >= 0.6 is 23.1 Å². The molecule has 0 fully saturated rings. The molecule has 1 aromatic heterocycles. The first kappa shape index (κ1) is 13.4. The summed E-state index contributed by atoms with van der Waals surface area (Å²) in [5.74, 6) is -0.348. The number of hydrogen-bond acceptors (Lipinski definition) is 4. The van der Waals surface area contributed by atoms with E-state index in [2.05, 4.69) is 16.5 Å². The van der Waals surface area contributed by atoms with Gasteiger partial charge in [0, 0.05) is 5.02 Å². The maximum Gasteiger partial charge on any atom is 0.123 e. The van der Waals surface area contributed by atoms with Crippen LogP contribution in [0.1, 0.15) is 35.5 Å². The fraction of sp³-hybridized carbons (Fsp3) is 0.333. The molecule has 6 heteroatoms. The van der Waals surface area contributed by atoms with Crippen molar-refractivity contribution in [3.63, 3.8) is 0 Å². The third kappa shape index (κ3) is 2.68. The average molecular weight is 286 g/mol. The Labute approximate surface area is 114 Å². The second kappa shape index (κ2) is 5.73. The molecule has 0 saturated heterocycles. The smallest absolute Gasteiger partial charge is 0.123 e. The Bertz CT molecular complexity index is 544. The molecule has 1 aromatic carbocycles. The standard InChI is InChI=1S/C12H13ClFN3S/c1-2-3-10-12(18-17-16-10)11(15)8-6-7(14)4-5-9(8)13/h4-6,11H,2-3,15H2,1H3. The number of nitrogens with two attached hydrogens (primary N) is 1. The predicted molar refractivity (Wildman–Crippen MR) is 71.3 cm³/mol. The molecule has 18 heavy (non-hydrogen) atoms. The van der Waals surface area contributed by atoms with Gasteiger partial charge in [0.25, 0.3) is 0 Å². The van der Waals surface area contributed by atoms with Crippen molar-refractivity contribution in [2.45, 2.75) is 25.8 Å². The maximum atomic E-state index is 13.3. The lowest BCUT2D eigenvalue weighted by molar-refractivity contribution is 0.623. The van der Waals surface area contributed by atoms with Gasteiger partial charge in [0.1, 0.15) is 5.82 Å². The van der Waals surface area contributed by atoms with Gasteiger partial charge in [-0.1, -0.05) is 29.4 Å². The summed E-state index contributed by atoms with van der Waals surface area (Å²) in [6, 6.07) is 3.72. The number of benzene rings is 1.